The van der Waals surface area contributed by atoms with Crippen molar-refractivity contribution >= 4 is 23.4 Å². The Balaban J connectivity index is 1.92. The molecule has 2 rings (SSSR count). The number of amides is 1. The maximum absolute atomic E-state index is 12.0. The van der Waals surface area contributed by atoms with Gasteiger partial charge in [0.05, 0.1) is 12.9 Å². The predicted octanol–water partition coefficient (Wildman–Crippen LogP) is 1.85. The first kappa shape index (κ1) is 16.2. The molecule has 2 aromatic rings. The van der Waals surface area contributed by atoms with E-state index in [9.17, 15) is 4.79 Å². The van der Waals surface area contributed by atoms with Crippen LogP contribution in [0.4, 0.5) is 5.69 Å². The minimum Gasteiger partial charge on any atom is -0.497 e. The molecule has 1 heterocycles. The molecule has 1 aromatic carbocycles. The van der Waals surface area contributed by atoms with E-state index in [1.165, 1.54) is 16.4 Å². The van der Waals surface area contributed by atoms with Gasteiger partial charge in [-0.25, -0.2) is 4.68 Å². The number of ether oxygens (including phenoxy) is 1. The van der Waals surface area contributed by atoms with Gasteiger partial charge in [0, 0.05) is 17.7 Å². The normalized spacial score (nSPS) is 10.7. The first-order chi connectivity index (χ1) is 10.5. The third-order valence-electron chi connectivity index (χ3n) is 2.89. The number of nitrogen functional groups attached to an aromatic ring is 1. The van der Waals surface area contributed by atoms with Crippen molar-refractivity contribution < 1.29 is 9.53 Å². The summed E-state index contributed by atoms with van der Waals surface area (Å²) < 4.78 is 6.54. The van der Waals surface area contributed by atoms with Crippen LogP contribution in [0.3, 0.4) is 0 Å². The molecule has 1 aromatic heterocycles. The second kappa shape index (κ2) is 7.17. The minimum absolute atomic E-state index is 0.146. The zero-order valence-corrected chi connectivity index (χ0v) is 13.6. The Kier molecular flexibility index (Phi) is 5.26. The van der Waals surface area contributed by atoms with Crippen molar-refractivity contribution in [3.63, 3.8) is 0 Å². The van der Waals surface area contributed by atoms with Gasteiger partial charge in [0.2, 0.25) is 11.1 Å². The lowest BCUT2D eigenvalue weighted by molar-refractivity contribution is -0.113. The highest BCUT2D eigenvalue weighted by Crippen LogP contribution is 2.20. The molecule has 0 bridgehead atoms. The van der Waals surface area contributed by atoms with E-state index < -0.39 is 0 Å². The minimum atomic E-state index is -0.146. The lowest BCUT2D eigenvalue weighted by atomic mass is 10.2. The number of hydrogen-bond donors (Lipinski definition) is 2. The quantitative estimate of drug-likeness (QED) is 0.623. The van der Waals surface area contributed by atoms with Crippen LogP contribution in [0, 0.1) is 0 Å². The van der Waals surface area contributed by atoms with Gasteiger partial charge in [-0.15, -0.1) is 10.2 Å². The maximum Gasteiger partial charge on any atom is 0.234 e. The Morgan fingerprint density at radius 2 is 2.23 bits per heavy atom. The van der Waals surface area contributed by atoms with E-state index in [-0.39, 0.29) is 17.6 Å². The van der Waals surface area contributed by atoms with Crippen molar-refractivity contribution in [3.8, 4) is 5.75 Å². The van der Waals surface area contributed by atoms with Crippen LogP contribution in [0.25, 0.3) is 0 Å². The van der Waals surface area contributed by atoms with Gasteiger partial charge in [0.25, 0.3) is 0 Å². The van der Waals surface area contributed by atoms with Crippen LogP contribution in [-0.4, -0.2) is 33.6 Å². The first-order valence-corrected chi connectivity index (χ1v) is 7.77. The van der Waals surface area contributed by atoms with Crippen molar-refractivity contribution in [1.29, 1.82) is 0 Å². The van der Waals surface area contributed by atoms with Gasteiger partial charge in [0.15, 0.2) is 5.82 Å². The molecule has 0 fully saturated rings. The first-order valence-electron chi connectivity index (χ1n) is 6.78. The molecule has 0 radical (unpaired) electrons. The molecule has 0 aliphatic heterocycles. The summed E-state index contributed by atoms with van der Waals surface area (Å²) in [6, 6.07) is 7.18. The number of thioether (sulfide) groups is 1. The summed E-state index contributed by atoms with van der Waals surface area (Å²) in [7, 11) is 1.58. The number of aromatic nitrogens is 3. The number of rotatable bonds is 6. The summed E-state index contributed by atoms with van der Waals surface area (Å²) in [6.07, 6.45) is 0. The predicted molar refractivity (Wildman–Crippen MR) is 86.6 cm³/mol. The Labute approximate surface area is 133 Å². The van der Waals surface area contributed by atoms with Crippen molar-refractivity contribution in [2.45, 2.75) is 24.9 Å². The van der Waals surface area contributed by atoms with Gasteiger partial charge in [-0.2, -0.15) is 0 Å². The van der Waals surface area contributed by atoms with Crippen LogP contribution in [0.15, 0.2) is 29.4 Å². The highest BCUT2D eigenvalue weighted by atomic mass is 32.2. The van der Waals surface area contributed by atoms with Gasteiger partial charge >= 0.3 is 0 Å². The molecular formula is C14H19N5O2S. The SMILES string of the molecule is COc1cccc(NC(=O)CSc2nnc(C(C)C)n2N)c1. The topological polar surface area (TPSA) is 95.1 Å². The average Bonchev–Trinajstić information content (AvgIpc) is 2.86. The van der Waals surface area contributed by atoms with E-state index in [4.69, 9.17) is 10.6 Å². The highest BCUT2D eigenvalue weighted by Gasteiger charge is 2.14. The number of carbonyl (C=O) groups is 1. The number of nitrogens with zero attached hydrogens (tertiary/aromatic N) is 3. The van der Waals surface area contributed by atoms with E-state index in [1.54, 1.807) is 19.2 Å². The van der Waals surface area contributed by atoms with E-state index in [0.717, 1.165) is 0 Å². The molecule has 0 aliphatic carbocycles. The lowest BCUT2D eigenvalue weighted by Crippen LogP contribution is -2.17. The van der Waals surface area contributed by atoms with Crippen molar-refractivity contribution in [2.24, 2.45) is 0 Å². The van der Waals surface area contributed by atoms with Crippen molar-refractivity contribution in [2.75, 3.05) is 24.0 Å². The van der Waals surface area contributed by atoms with Gasteiger partial charge in [-0.3, -0.25) is 4.79 Å². The third-order valence-corrected chi connectivity index (χ3v) is 3.84. The molecule has 0 saturated heterocycles. The summed E-state index contributed by atoms with van der Waals surface area (Å²) in [4.78, 5) is 12.0. The molecule has 0 unspecified atom stereocenters. The number of nitrogens with two attached hydrogens (primary N) is 1. The highest BCUT2D eigenvalue weighted by molar-refractivity contribution is 7.99. The van der Waals surface area contributed by atoms with Crippen LogP contribution in [-0.2, 0) is 4.79 Å². The molecule has 0 saturated carbocycles. The summed E-state index contributed by atoms with van der Waals surface area (Å²) in [5.74, 6) is 7.51. The van der Waals surface area contributed by atoms with Crippen LogP contribution in [0.5, 0.6) is 5.75 Å². The average molecular weight is 321 g/mol. The molecular weight excluding hydrogens is 302 g/mol. The van der Waals surface area contributed by atoms with Gasteiger partial charge in [0.1, 0.15) is 5.75 Å². The van der Waals surface area contributed by atoms with E-state index in [2.05, 4.69) is 15.5 Å². The largest absolute Gasteiger partial charge is 0.497 e. The standard InChI is InChI=1S/C14H19N5O2S/c1-9(2)13-17-18-14(19(13)15)22-8-12(20)16-10-5-4-6-11(7-10)21-3/h4-7,9H,8,15H2,1-3H3,(H,16,20). The molecule has 7 nitrogen and oxygen atoms in total. The zero-order chi connectivity index (χ0) is 16.1. The lowest BCUT2D eigenvalue weighted by Gasteiger charge is -2.07. The van der Waals surface area contributed by atoms with Gasteiger partial charge < -0.3 is 15.9 Å². The van der Waals surface area contributed by atoms with E-state index >= 15 is 0 Å². The number of carbonyl (C=O) groups excluding carboxylic acids is 1. The van der Waals surface area contributed by atoms with Gasteiger partial charge in [-0.05, 0) is 12.1 Å². The molecule has 22 heavy (non-hydrogen) atoms. The van der Waals surface area contributed by atoms with Crippen molar-refractivity contribution in [1.82, 2.24) is 14.9 Å². The molecule has 1 amide bonds. The Morgan fingerprint density at radius 1 is 1.45 bits per heavy atom. The second-order valence-corrected chi connectivity index (χ2v) is 5.88. The van der Waals surface area contributed by atoms with Crippen LogP contribution >= 0.6 is 11.8 Å². The van der Waals surface area contributed by atoms with E-state index in [1.807, 2.05) is 26.0 Å². The maximum atomic E-state index is 12.0. The molecule has 3 N–H and O–H groups in total. The number of hydrogen-bond acceptors (Lipinski definition) is 6. The van der Waals surface area contributed by atoms with Crippen molar-refractivity contribution in [3.05, 3.63) is 30.1 Å². The Hall–Kier alpha value is -2.22. The fourth-order valence-electron chi connectivity index (χ4n) is 1.81. The summed E-state index contributed by atoms with van der Waals surface area (Å²) in [5.41, 5.74) is 0.682. The summed E-state index contributed by atoms with van der Waals surface area (Å²) in [5, 5.41) is 11.3. The fourth-order valence-corrected chi connectivity index (χ4v) is 2.47. The third kappa shape index (κ3) is 3.91. The molecule has 0 atom stereocenters. The zero-order valence-electron chi connectivity index (χ0n) is 12.7. The number of nitrogens with one attached hydrogen (secondary N) is 1. The fraction of sp³-hybridized carbons (Fsp3) is 0.357. The number of anilines is 1. The monoisotopic (exact) mass is 321 g/mol. The molecule has 118 valence electrons. The van der Waals surface area contributed by atoms with Gasteiger partial charge in [-0.1, -0.05) is 31.7 Å². The van der Waals surface area contributed by atoms with Crippen LogP contribution in [0.2, 0.25) is 0 Å². The smallest absolute Gasteiger partial charge is 0.234 e. The van der Waals surface area contributed by atoms with E-state index in [0.29, 0.717) is 22.4 Å². The Bertz CT molecular complexity index is 656. The number of methoxy groups -OCH3 is 1. The van der Waals surface area contributed by atoms with Crippen LogP contribution < -0.4 is 15.9 Å². The van der Waals surface area contributed by atoms with Crippen LogP contribution in [0.1, 0.15) is 25.6 Å². The number of benzene rings is 1. The molecule has 0 aliphatic rings. The summed E-state index contributed by atoms with van der Waals surface area (Å²) in [6.45, 7) is 3.97. The molecule has 0 spiro atoms. The summed E-state index contributed by atoms with van der Waals surface area (Å²) >= 11 is 1.24. The Morgan fingerprint density at radius 3 is 2.86 bits per heavy atom. The molecule has 8 heteroatoms. The second-order valence-electron chi connectivity index (χ2n) is 4.93.